The SMILES string of the molecule is O=C1S/C(=C\c2cccs2)C(=O)N1Cc1ccc([N+](=O)[O-])cc1. The Morgan fingerprint density at radius 3 is 2.52 bits per heavy atom. The van der Waals surface area contributed by atoms with Crippen LogP contribution in [-0.4, -0.2) is 21.0 Å². The second-order valence-electron chi connectivity index (χ2n) is 4.71. The molecule has 1 aliphatic heterocycles. The Morgan fingerprint density at radius 1 is 1.17 bits per heavy atom. The van der Waals surface area contributed by atoms with Crippen LogP contribution in [0.2, 0.25) is 0 Å². The Bertz CT molecular complexity index is 797. The molecule has 0 N–H and O–H groups in total. The van der Waals surface area contributed by atoms with E-state index in [-0.39, 0.29) is 23.4 Å². The number of thiophene rings is 1. The zero-order chi connectivity index (χ0) is 16.4. The average Bonchev–Trinajstić information content (AvgIpc) is 3.12. The van der Waals surface area contributed by atoms with Crippen molar-refractivity contribution in [1.82, 2.24) is 4.90 Å². The number of imide groups is 1. The number of carbonyl (C=O) groups excluding carboxylic acids is 2. The van der Waals surface area contributed by atoms with Crippen molar-refractivity contribution >= 4 is 46.0 Å². The van der Waals surface area contributed by atoms with Gasteiger partial charge in [0, 0.05) is 17.0 Å². The van der Waals surface area contributed by atoms with Gasteiger partial charge in [-0.25, -0.2) is 0 Å². The van der Waals surface area contributed by atoms with Crippen LogP contribution in [0.5, 0.6) is 0 Å². The van der Waals surface area contributed by atoms with Crippen molar-refractivity contribution in [1.29, 1.82) is 0 Å². The standard InChI is InChI=1S/C15H10N2O4S2/c18-14-13(8-12-2-1-7-22-12)23-15(19)16(14)9-10-3-5-11(6-4-10)17(20)21/h1-8H,9H2/b13-8-. The zero-order valence-electron chi connectivity index (χ0n) is 11.7. The van der Waals surface area contributed by atoms with Crippen molar-refractivity contribution in [2.24, 2.45) is 0 Å². The Hall–Kier alpha value is -2.45. The van der Waals surface area contributed by atoms with E-state index < -0.39 is 4.92 Å². The molecule has 8 heteroatoms. The monoisotopic (exact) mass is 346 g/mol. The number of nitro groups is 1. The molecule has 1 aromatic carbocycles. The van der Waals surface area contributed by atoms with Gasteiger partial charge in [0.05, 0.1) is 16.4 Å². The van der Waals surface area contributed by atoms with Crippen molar-refractivity contribution in [3.05, 3.63) is 67.2 Å². The number of non-ortho nitro benzene ring substituents is 1. The molecule has 0 saturated carbocycles. The maximum Gasteiger partial charge on any atom is 0.293 e. The highest BCUT2D eigenvalue weighted by Crippen LogP contribution is 2.34. The van der Waals surface area contributed by atoms with E-state index in [9.17, 15) is 19.7 Å². The first-order chi connectivity index (χ1) is 11.0. The van der Waals surface area contributed by atoms with E-state index in [1.54, 1.807) is 18.2 Å². The molecule has 3 rings (SSSR count). The first-order valence-corrected chi connectivity index (χ1v) is 8.26. The van der Waals surface area contributed by atoms with Gasteiger partial charge in [0.15, 0.2) is 0 Å². The van der Waals surface area contributed by atoms with Crippen molar-refractivity contribution in [3.63, 3.8) is 0 Å². The fourth-order valence-corrected chi connectivity index (χ4v) is 3.61. The molecule has 23 heavy (non-hydrogen) atoms. The van der Waals surface area contributed by atoms with Crippen LogP contribution in [0.25, 0.3) is 6.08 Å². The molecule has 1 fully saturated rings. The van der Waals surface area contributed by atoms with Crippen LogP contribution in [0.4, 0.5) is 10.5 Å². The van der Waals surface area contributed by atoms with Crippen LogP contribution in [0.1, 0.15) is 10.4 Å². The largest absolute Gasteiger partial charge is 0.293 e. The third kappa shape index (κ3) is 3.33. The summed E-state index contributed by atoms with van der Waals surface area (Å²) in [5.41, 5.74) is 0.635. The molecule has 0 atom stereocenters. The third-order valence-electron chi connectivity index (χ3n) is 3.18. The van der Waals surface area contributed by atoms with Gasteiger partial charge in [-0.05, 0) is 34.8 Å². The number of hydrogen-bond donors (Lipinski definition) is 0. The molecule has 1 aromatic heterocycles. The number of thioether (sulfide) groups is 1. The first kappa shape index (κ1) is 15.4. The number of nitro benzene ring substituents is 1. The molecule has 0 bridgehead atoms. The highest BCUT2D eigenvalue weighted by molar-refractivity contribution is 8.18. The second kappa shape index (κ2) is 6.35. The molecule has 1 aliphatic rings. The summed E-state index contributed by atoms with van der Waals surface area (Å²) < 4.78 is 0. The van der Waals surface area contributed by atoms with Crippen LogP contribution >= 0.6 is 23.1 Å². The van der Waals surface area contributed by atoms with E-state index in [0.717, 1.165) is 21.5 Å². The lowest BCUT2D eigenvalue weighted by Gasteiger charge is -2.12. The molecule has 2 amide bonds. The number of carbonyl (C=O) groups is 2. The van der Waals surface area contributed by atoms with Crippen LogP contribution in [0.3, 0.4) is 0 Å². The Morgan fingerprint density at radius 2 is 1.91 bits per heavy atom. The van der Waals surface area contributed by atoms with Crippen molar-refractivity contribution in [3.8, 4) is 0 Å². The summed E-state index contributed by atoms with van der Waals surface area (Å²) in [6, 6.07) is 9.55. The Kier molecular flexibility index (Phi) is 4.26. The van der Waals surface area contributed by atoms with E-state index >= 15 is 0 Å². The third-order valence-corrected chi connectivity index (χ3v) is 4.90. The molecule has 0 spiro atoms. The molecule has 116 valence electrons. The highest BCUT2D eigenvalue weighted by atomic mass is 32.2. The molecule has 0 radical (unpaired) electrons. The molecular weight excluding hydrogens is 336 g/mol. The fourth-order valence-electron chi connectivity index (χ4n) is 2.04. The molecule has 6 nitrogen and oxygen atoms in total. The van der Waals surface area contributed by atoms with Gasteiger partial charge in [0.2, 0.25) is 0 Å². The van der Waals surface area contributed by atoms with E-state index in [4.69, 9.17) is 0 Å². The maximum absolute atomic E-state index is 12.3. The van der Waals surface area contributed by atoms with Gasteiger partial charge in [-0.15, -0.1) is 11.3 Å². The summed E-state index contributed by atoms with van der Waals surface area (Å²) in [5, 5.41) is 12.2. The van der Waals surface area contributed by atoms with Crippen LogP contribution in [-0.2, 0) is 11.3 Å². The molecule has 1 saturated heterocycles. The van der Waals surface area contributed by atoms with Crippen LogP contribution < -0.4 is 0 Å². The predicted molar refractivity (Wildman–Crippen MR) is 88.9 cm³/mol. The summed E-state index contributed by atoms with van der Waals surface area (Å²) in [7, 11) is 0. The Labute approximate surface area is 139 Å². The van der Waals surface area contributed by atoms with Crippen molar-refractivity contribution in [2.45, 2.75) is 6.54 Å². The Balaban J connectivity index is 1.77. The minimum absolute atomic E-state index is 0.0273. The summed E-state index contributed by atoms with van der Waals surface area (Å²) in [6.07, 6.45) is 1.70. The van der Waals surface area contributed by atoms with Crippen molar-refractivity contribution in [2.75, 3.05) is 0 Å². The maximum atomic E-state index is 12.3. The van der Waals surface area contributed by atoms with Gasteiger partial charge in [0.1, 0.15) is 0 Å². The summed E-state index contributed by atoms with van der Waals surface area (Å²) in [5.74, 6) is -0.341. The highest BCUT2D eigenvalue weighted by Gasteiger charge is 2.35. The van der Waals surface area contributed by atoms with E-state index in [0.29, 0.717) is 10.5 Å². The van der Waals surface area contributed by atoms with Crippen LogP contribution in [0, 0.1) is 10.1 Å². The fraction of sp³-hybridized carbons (Fsp3) is 0.0667. The summed E-state index contributed by atoms with van der Waals surface area (Å²) >= 11 is 2.39. The molecule has 0 aliphatic carbocycles. The van der Waals surface area contributed by atoms with Crippen LogP contribution in [0.15, 0.2) is 46.7 Å². The quantitative estimate of drug-likeness (QED) is 0.476. The smallest absolute Gasteiger partial charge is 0.268 e. The van der Waals surface area contributed by atoms with E-state index in [2.05, 4.69) is 0 Å². The lowest BCUT2D eigenvalue weighted by atomic mass is 10.2. The number of nitrogens with zero attached hydrogens (tertiary/aromatic N) is 2. The summed E-state index contributed by atoms with van der Waals surface area (Å²) in [6.45, 7) is 0.102. The lowest BCUT2D eigenvalue weighted by molar-refractivity contribution is -0.384. The molecule has 2 aromatic rings. The van der Waals surface area contributed by atoms with Crippen molar-refractivity contribution < 1.29 is 14.5 Å². The number of amides is 2. The van der Waals surface area contributed by atoms with Gasteiger partial charge in [-0.1, -0.05) is 18.2 Å². The van der Waals surface area contributed by atoms with Gasteiger partial charge in [0.25, 0.3) is 16.8 Å². The van der Waals surface area contributed by atoms with E-state index in [1.807, 2.05) is 17.5 Å². The average molecular weight is 346 g/mol. The normalized spacial score (nSPS) is 16.3. The minimum atomic E-state index is -0.492. The molecule has 2 heterocycles. The topological polar surface area (TPSA) is 80.5 Å². The van der Waals surface area contributed by atoms with Gasteiger partial charge in [-0.2, -0.15) is 0 Å². The van der Waals surface area contributed by atoms with Gasteiger partial charge >= 0.3 is 0 Å². The zero-order valence-corrected chi connectivity index (χ0v) is 13.3. The minimum Gasteiger partial charge on any atom is -0.268 e. The van der Waals surface area contributed by atoms with E-state index in [1.165, 1.54) is 23.5 Å². The number of rotatable bonds is 4. The van der Waals surface area contributed by atoms with Gasteiger partial charge < -0.3 is 0 Å². The van der Waals surface area contributed by atoms with Gasteiger partial charge in [-0.3, -0.25) is 24.6 Å². The number of hydrogen-bond acceptors (Lipinski definition) is 6. The molecular formula is C15H10N2O4S2. The summed E-state index contributed by atoms with van der Waals surface area (Å²) in [4.78, 5) is 36.9. The lowest BCUT2D eigenvalue weighted by Crippen LogP contribution is -2.27. The first-order valence-electron chi connectivity index (χ1n) is 6.57. The molecule has 0 unspecified atom stereocenters. The predicted octanol–water partition coefficient (Wildman–Crippen LogP) is 3.89. The number of benzene rings is 1. The second-order valence-corrected chi connectivity index (χ2v) is 6.68.